The second-order valence-corrected chi connectivity index (χ2v) is 5.51. The number of nitrogens with one attached hydrogen (secondary N) is 1. The van der Waals surface area contributed by atoms with Crippen LogP contribution in [0, 0.1) is 20.8 Å². The van der Waals surface area contributed by atoms with Crippen molar-refractivity contribution in [3.8, 4) is 0 Å². The lowest BCUT2D eigenvalue weighted by Crippen LogP contribution is -2.32. The molecule has 0 bridgehead atoms. The van der Waals surface area contributed by atoms with Gasteiger partial charge < -0.3 is 9.42 Å². The molecule has 0 saturated carbocycles. The predicted molar refractivity (Wildman–Crippen MR) is 74.5 cm³/mol. The Labute approximate surface area is 122 Å². The first kappa shape index (κ1) is 13.8. The van der Waals surface area contributed by atoms with Crippen LogP contribution in [0.1, 0.15) is 47.5 Å². The topological polar surface area (TPSA) is 87.9 Å². The van der Waals surface area contributed by atoms with Crippen LogP contribution in [0.3, 0.4) is 0 Å². The molecule has 1 atom stereocenters. The SMILES string of the molecule is Cc1nc(C2CCCN2C(=O)Cc2c(C)n[nH]c2C)no1. The molecule has 7 nitrogen and oxygen atoms in total. The van der Waals surface area contributed by atoms with Crippen LogP contribution < -0.4 is 0 Å². The van der Waals surface area contributed by atoms with Gasteiger partial charge in [0, 0.05) is 24.7 Å². The van der Waals surface area contributed by atoms with E-state index in [-0.39, 0.29) is 11.9 Å². The fraction of sp³-hybridized carbons (Fsp3) is 0.571. The molecule has 1 unspecified atom stereocenters. The molecule has 1 N–H and O–H groups in total. The third-order valence-electron chi connectivity index (χ3n) is 4.02. The summed E-state index contributed by atoms with van der Waals surface area (Å²) in [5.74, 6) is 1.23. The summed E-state index contributed by atoms with van der Waals surface area (Å²) >= 11 is 0. The fourth-order valence-corrected chi connectivity index (χ4v) is 2.87. The molecule has 1 amide bonds. The van der Waals surface area contributed by atoms with Crippen molar-refractivity contribution in [1.82, 2.24) is 25.2 Å². The highest BCUT2D eigenvalue weighted by molar-refractivity contribution is 5.80. The van der Waals surface area contributed by atoms with E-state index >= 15 is 0 Å². The zero-order valence-electron chi connectivity index (χ0n) is 12.5. The number of amides is 1. The minimum absolute atomic E-state index is 0.0672. The number of aromatic nitrogens is 4. The third kappa shape index (κ3) is 2.55. The number of likely N-dealkylation sites (tertiary alicyclic amines) is 1. The summed E-state index contributed by atoms with van der Waals surface area (Å²) in [6, 6.07) is -0.0672. The molecule has 0 spiro atoms. The summed E-state index contributed by atoms with van der Waals surface area (Å²) in [5, 5.41) is 11.0. The molecular formula is C14H19N5O2. The normalized spacial score (nSPS) is 18.4. The molecule has 1 saturated heterocycles. The van der Waals surface area contributed by atoms with Gasteiger partial charge in [0.05, 0.1) is 18.2 Å². The molecule has 3 rings (SSSR count). The second kappa shape index (κ2) is 5.31. The van der Waals surface area contributed by atoms with Crippen LogP contribution in [0.2, 0.25) is 0 Å². The number of hydrogen-bond acceptors (Lipinski definition) is 5. The van der Waals surface area contributed by atoms with Crippen LogP contribution in [-0.4, -0.2) is 37.7 Å². The van der Waals surface area contributed by atoms with E-state index in [2.05, 4.69) is 20.3 Å². The lowest BCUT2D eigenvalue weighted by molar-refractivity contribution is -0.131. The number of H-pyrrole nitrogens is 1. The largest absolute Gasteiger partial charge is 0.340 e. The van der Waals surface area contributed by atoms with Crippen LogP contribution >= 0.6 is 0 Å². The molecule has 1 fully saturated rings. The number of nitrogens with zero attached hydrogens (tertiary/aromatic N) is 4. The van der Waals surface area contributed by atoms with E-state index in [1.165, 1.54) is 0 Å². The van der Waals surface area contributed by atoms with Crippen molar-refractivity contribution in [2.75, 3.05) is 6.54 Å². The highest BCUT2D eigenvalue weighted by atomic mass is 16.5. The number of hydrogen-bond donors (Lipinski definition) is 1. The van der Waals surface area contributed by atoms with Gasteiger partial charge in [-0.1, -0.05) is 5.16 Å². The average Bonchev–Trinajstić information content (AvgIpc) is 3.14. The lowest BCUT2D eigenvalue weighted by atomic mass is 10.1. The molecule has 2 aromatic heterocycles. The van der Waals surface area contributed by atoms with Crippen molar-refractivity contribution in [1.29, 1.82) is 0 Å². The first-order chi connectivity index (χ1) is 10.1. The number of aryl methyl sites for hydroxylation is 3. The second-order valence-electron chi connectivity index (χ2n) is 5.51. The summed E-state index contributed by atoms with van der Waals surface area (Å²) in [7, 11) is 0. The van der Waals surface area contributed by atoms with Crippen LogP contribution in [0.25, 0.3) is 0 Å². The third-order valence-corrected chi connectivity index (χ3v) is 4.02. The maximum atomic E-state index is 12.6. The Morgan fingerprint density at radius 2 is 2.24 bits per heavy atom. The Bertz CT molecular complexity index is 641. The van der Waals surface area contributed by atoms with Crippen molar-refractivity contribution in [2.45, 2.75) is 46.1 Å². The maximum Gasteiger partial charge on any atom is 0.227 e. The molecule has 0 radical (unpaired) electrons. The van der Waals surface area contributed by atoms with Gasteiger partial charge in [-0.25, -0.2) is 0 Å². The van der Waals surface area contributed by atoms with Gasteiger partial charge in [0.1, 0.15) is 0 Å². The van der Waals surface area contributed by atoms with E-state index in [9.17, 15) is 4.79 Å². The predicted octanol–water partition coefficient (Wildman–Crippen LogP) is 1.62. The summed E-state index contributed by atoms with van der Waals surface area (Å²) < 4.78 is 5.04. The van der Waals surface area contributed by atoms with Crippen LogP contribution in [-0.2, 0) is 11.2 Å². The van der Waals surface area contributed by atoms with Crippen molar-refractivity contribution in [3.63, 3.8) is 0 Å². The molecule has 112 valence electrons. The van der Waals surface area contributed by atoms with Gasteiger partial charge in [-0.15, -0.1) is 0 Å². The summed E-state index contributed by atoms with van der Waals surface area (Å²) in [5.41, 5.74) is 2.81. The van der Waals surface area contributed by atoms with Gasteiger partial charge in [0.25, 0.3) is 0 Å². The summed E-state index contributed by atoms with van der Waals surface area (Å²) in [4.78, 5) is 18.7. The monoisotopic (exact) mass is 289 g/mol. The highest BCUT2D eigenvalue weighted by Crippen LogP contribution is 2.30. The van der Waals surface area contributed by atoms with E-state index in [0.29, 0.717) is 18.1 Å². The van der Waals surface area contributed by atoms with Crippen LogP contribution in [0.15, 0.2) is 4.52 Å². The van der Waals surface area contributed by atoms with E-state index in [4.69, 9.17) is 4.52 Å². The zero-order chi connectivity index (χ0) is 15.0. The number of carbonyl (C=O) groups is 1. The van der Waals surface area contributed by atoms with Crippen LogP contribution in [0.5, 0.6) is 0 Å². The standard InChI is InChI=1S/C14H19N5O2/c1-8-11(9(2)17-16-8)7-13(20)19-6-4-5-12(19)14-15-10(3)21-18-14/h12H,4-7H2,1-3H3,(H,16,17). The molecule has 1 aliphatic rings. The minimum atomic E-state index is -0.0672. The van der Waals surface area contributed by atoms with Crippen molar-refractivity contribution in [2.24, 2.45) is 0 Å². The van der Waals surface area contributed by atoms with E-state index in [1.807, 2.05) is 18.7 Å². The van der Waals surface area contributed by atoms with Gasteiger partial charge >= 0.3 is 0 Å². The fourth-order valence-electron chi connectivity index (χ4n) is 2.87. The smallest absolute Gasteiger partial charge is 0.227 e. The highest BCUT2D eigenvalue weighted by Gasteiger charge is 2.33. The minimum Gasteiger partial charge on any atom is -0.340 e. The van der Waals surface area contributed by atoms with Gasteiger partial charge in [0.15, 0.2) is 5.82 Å². The van der Waals surface area contributed by atoms with E-state index < -0.39 is 0 Å². The molecule has 1 aliphatic heterocycles. The molecule has 2 aromatic rings. The van der Waals surface area contributed by atoms with Crippen molar-refractivity contribution < 1.29 is 9.32 Å². The zero-order valence-corrected chi connectivity index (χ0v) is 12.5. The van der Waals surface area contributed by atoms with Gasteiger partial charge in [-0.3, -0.25) is 9.89 Å². The Kier molecular flexibility index (Phi) is 3.48. The van der Waals surface area contributed by atoms with Gasteiger partial charge in [-0.05, 0) is 26.7 Å². The molecule has 3 heterocycles. The van der Waals surface area contributed by atoms with Gasteiger partial charge in [-0.2, -0.15) is 10.1 Å². The lowest BCUT2D eigenvalue weighted by Gasteiger charge is -2.22. The van der Waals surface area contributed by atoms with Crippen molar-refractivity contribution in [3.05, 3.63) is 28.7 Å². The number of rotatable bonds is 3. The summed E-state index contributed by atoms with van der Waals surface area (Å²) in [6.07, 6.45) is 2.21. The Morgan fingerprint density at radius 3 is 2.86 bits per heavy atom. The molecule has 21 heavy (non-hydrogen) atoms. The van der Waals surface area contributed by atoms with E-state index in [0.717, 1.165) is 36.3 Å². The maximum absolute atomic E-state index is 12.6. The Morgan fingerprint density at radius 1 is 1.43 bits per heavy atom. The summed E-state index contributed by atoms with van der Waals surface area (Å²) in [6.45, 7) is 6.35. The van der Waals surface area contributed by atoms with Crippen LogP contribution in [0.4, 0.5) is 0 Å². The van der Waals surface area contributed by atoms with Gasteiger partial charge in [0.2, 0.25) is 11.8 Å². The quantitative estimate of drug-likeness (QED) is 0.927. The first-order valence-electron chi connectivity index (χ1n) is 7.16. The molecular weight excluding hydrogens is 270 g/mol. The van der Waals surface area contributed by atoms with Crippen molar-refractivity contribution >= 4 is 5.91 Å². The molecule has 7 heteroatoms. The van der Waals surface area contributed by atoms with E-state index in [1.54, 1.807) is 6.92 Å². The Hall–Kier alpha value is -2.18. The molecule has 0 aromatic carbocycles. The number of carbonyl (C=O) groups excluding carboxylic acids is 1. The first-order valence-corrected chi connectivity index (χ1v) is 7.16. The Balaban J connectivity index is 1.77. The average molecular weight is 289 g/mol. The number of aromatic amines is 1. The molecule has 0 aliphatic carbocycles.